The number of ether oxygens (including phenoxy) is 2. The van der Waals surface area contributed by atoms with Crippen molar-refractivity contribution in [2.75, 3.05) is 7.11 Å². The predicted molar refractivity (Wildman–Crippen MR) is 74.2 cm³/mol. The highest BCUT2D eigenvalue weighted by Crippen LogP contribution is 2.36. The Morgan fingerprint density at radius 3 is 2.08 bits per heavy atom. The fourth-order valence-corrected chi connectivity index (χ4v) is 1.90. The second kappa shape index (κ2) is 6.88. The van der Waals surface area contributed by atoms with Crippen molar-refractivity contribution in [3.05, 3.63) is 59.2 Å². The van der Waals surface area contributed by atoms with Crippen molar-refractivity contribution in [2.24, 2.45) is 0 Å². The van der Waals surface area contributed by atoms with Gasteiger partial charge >= 0.3 is 12.1 Å². The van der Waals surface area contributed by atoms with E-state index >= 15 is 0 Å². The first-order valence-corrected chi connectivity index (χ1v) is 6.60. The van der Waals surface area contributed by atoms with E-state index in [2.05, 4.69) is 4.74 Å². The summed E-state index contributed by atoms with van der Waals surface area (Å²) in [5.74, 6) is -5.97. The molecule has 0 saturated heterocycles. The van der Waals surface area contributed by atoms with Crippen LogP contribution in [0.25, 0.3) is 0 Å². The Morgan fingerprint density at radius 2 is 1.52 bits per heavy atom. The second-order valence-electron chi connectivity index (χ2n) is 4.70. The van der Waals surface area contributed by atoms with E-state index in [1.54, 1.807) is 0 Å². The number of hydrogen-bond acceptors (Lipinski definition) is 4. The Kier molecular flexibility index (Phi) is 5.05. The highest BCUT2D eigenvalue weighted by atomic mass is 19.4. The third kappa shape index (κ3) is 4.11. The number of methoxy groups -OCH3 is 1. The molecule has 0 aliphatic carbocycles. The number of esters is 1. The van der Waals surface area contributed by atoms with Crippen LogP contribution in [0.15, 0.2) is 36.4 Å². The highest BCUT2D eigenvalue weighted by Gasteiger charge is 2.37. The number of ketones is 1. The molecule has 4 nitrogen and oxygen atoms in total. The molecule has 0 aromatic heterocycles. The minimum absolute atomic E-state index is 0.251. The van der Waals surface area contributed by atoms with Crippen molar-refractivity contribution in [1.29, 1.82) is 0 Å². The minimum Gasteiger partial charge on any atom is -0.463 e. The summed E-state index contributed by atoms with van der Waals surface area (Å²) in [4.78, 5) is 22.9. The lowest BCUT2D eigenvalue weighted by atomic mass is 10.0. The second-order valence-corrected chi connectivity index (χ2v) is 4.70. The molecule has 2 rings (SSSR count). The van der Waals surface area contributed by atoms with Crippen LogP contribution < -0.4 is 4.74 Å². The van der Waals surface area contributed by atoms with E-state index in [0.29, 0.717) is 12.1 Å². The molecule has 9 heteroatoms. The Balaban J connectivity index is 2.43. The fourth-order valence-electron chi connectivity index (χ4n) is 1.90. The normalized spacial score (nSPS) is 11.1. The molecular weight excluding hydrogens is 351 g/mol. The molecule has 0 aliphatic heterocycles. The van der Waals surface area contributed by atoms with Gasteiger partial charge in [0.1, 0.15) is 11.5 Å². The van der Waals surface area contributed by atoms with Crippen LogP contribution in [-0.2, 0) is 15.7 Å². The van der Waals surface area contributed by atoms with Gasteiger partial charge in [-0.2, -0.15) is 13.2 Å². The Labute approximate surface area is 137 Å². The zero-order chi connectivity index (χ0) is 18.8. The summed E-state index contributed by atoms with van der Waals surface area (Å²) in [6.07, 6.45) is -4.97. The van der Waals surface area contributed by atoms with E-state index in [-0.39, 0.29) is 11.5 Å². The van der Waals surface area contributed by atoms with Gasteiger partial charge in [-0.25, -0.2) is 13.6 Å². The van der Waals surface area contributed by atoms with Gasteiger partial charge in [0.2, 0.25) is 0 Å². The monoisotopic (exact) mass is 360 g/mol. The topological polar surface area (TPSA) is 52.6 Å². The first kappa shape index (κ1) is 18.4. The largest absolute Gasteiger partial charge is 0.463 e. The van der Waals surface area contributed by atoms with Crippen LogP contribution in [0.4, 0.5) is 22.0 Å². The molecule has 0 atom stereocenters. The molecule has 132 valence electrons. The molecule has 0 aliphatic rings. The van der Waals surface area contributed by atoms with Crippen LogP contribution in [0.3, 0.4) is 0 Å². The first-order valence-electron chi connectivity index (χ1n) is 6.60. The molecule has 0 N–H and O–H groups in total. The average Bonchev–Trinajstić information content (AvgIpc) is 2.56. The highest BCUT2D eigenvalue weighted by molar-refractivity contribution is 6.41. The summed E-state index contributed by atoms with van der Waals surface area (Å²) in [7, 11) is 0.855. The molecule has 0 saturated carbocycles. The van der Waals surface area contributed by atoms with Gasteiger partial charge in [0.05, 0.1) is 12.7 Å². The summed E-state index contributed by atoms with van der Waals surface area (Å²) in [6, 6.07) is 4.58. The van der Waals surface area contributed by atoms with Crippen molar-refractivity contribution in [3.8, 4) is 11.5 Å². The molecular formula is C16H9F5O4. The third-order valence-electron chi connectivity index (χ3n) is 3.04. The molecule has 2 aromatic rings. The van der Waals surface area contributed by atoms with Gasteiger partial charge in [-0.15, -0.1) is 0 Å². The number of rotatable bonds is 4. The Hall–Kier alpha value is -2.97. The number of Topliss-reactive ketones (excluding diaryl/α,β-unsaturated/α-hetero) is 1. The van der Waals surface area contributed by atoms with Gasteiger partial charge < -0.3 is 9.47 Å². The van der Waals surface area contributed by atoms with Crippen LogP contribution in [0, 0.1) is 11.6 Å². The van der Waals surface area contributed by atoms with Crippen molar-refractivity contribution in [1.82, 2.24) is 0 Å². The fraction of sp³-hybridized carbons (Fsp3) is 0.125. The van der Waals surface area contributed by atoms with Crippen LogP contribution in [0.2, 0.25) is 0 Å². The zero-order valence-corrected chi connectivity index (χ0v) is 12.5. The molecule has 0 radical (unpaired) electrons. The third-order valence-corrected chi connectivity index (χ3v) is 3.04. The number of carbonyl (C=O) groups excluding carboxylic acids is 2. The number of alkyl halides is 3. The number of carbonyl (C=O) groups is 2. The van der Waals surface area contributed by atoms with Gasteiger partial charge in [0.15, 0.2) is 11.6 Å². The molecule has 0 spiro atoms. The van der Waals surface area contributed by atoms with E-state index in [0.717, 1.165) is 31.4 Å². The lowest BCUT2D eigenvalue weighted by molar-refractivity contribution is -0.138. The van der Waals surface area contributed by atoms with Gasteiger partial charge in [-0.3, -0.25) is 4.79 Å². The van der Waals surface area contributed by atoms with E-state index in [1.807, 2.05) is 0 Å². The number of halogens is 5. The molecule has 0 amide bonds. The summed E-state index contributed by atoms with van der Waals surface area (Å²) < 4.78 is 74.6. The standard InChI is InChI=1S/C16H9F5O4/c1-24-15(23)14(22)10-4-2-8(6-11(10)16(19,20)21)25-9-3-5-12(17)13(18)7-9/h2-7H,1H3. The summed E-state index contributed by atoms with van der Waals surface area (Å²) >= 11 is 0. The van der Waals surface area contributed by atoms with E-state index in [4.69, 9.17) is 4.74 Å². The summed E-state index contributed by atoms with van der Waals surface area (Å²) in [5, 5.41) is 0. The van der Waals surface area contributed by atoms with Crippen LogP contribution >= 0.6 is 0 Å². The van der Waals surface area contributed by atoms with Crippen molar-refractivity contribution >= 4 is 11.8 Å². The molecule has 2 aromatic carbocycles. The van der Waals surface area contributed by atoms with Crippen molar-refractivity contribution in [3.63, 3.8) is 0 Å². The van der Waals surface area contributed by atoms with Crippen molar-refractivity contribution < 1.29 is 41.0 Å². The molecule has 0 bridgehead atoms. The van der Waals surface area contributed by atoms with Gasteiger partial charge in [0.25, 0.3) is 5.78 Å². The quantitative estimate of drug-likeness (QED) is 0.356. The Morgan fingerprint density at radius 1 is 0.920 bits per heavy atom. The SMILES string of the molecule is COC(=O)C(=O)c1ccc(Oc2ccc(F)c(F)c2)cc1C(F)(F)F. The molecule has 0 unspecified atom stereocenters. The average molecular weight is 360 g/mol. The van der Waals surface area contributed by atoms with Crippen LogP contribution in [0.1, 0.15) is 15.9 Å². The van der Waals surface area contributed by atoms with E-state index in [1.165, 1.54) is 0 Å². The van der Waals surface area contributed by atoms with E-state index < -0.39 is 40.7 Å². The van der Waals surface area contributed by atoms with Crippen LogP contribution in [-0.4, -0.2) is 18.9 Å². The van der Waals surface area contributed by atoms with Gasteiger partial charge in [0, 0.05) is 11.6 Å². The maximum Gasteiger partial charge on any atom is 0.417 e. The first-order chi connectivity index (χ1) is 11.6. The zero-order valence-electron chi connectivity index (χ0n) is 12.5. The predicted octanol–water partition coefficient (Wildman–Crippen LogP) is 4.13. The number of hydrogen-bond donors (Lipinski definition) is 0. The van der Waals surface area contributed by atoms with Crippen LogP contribution in [0.5, 0.6) is 11.5 Å². The summed E-state index contributed by atoms with van der Waals surface area (Å²) in [5.41, 5.74) is -2.35. The molecule has 0 fully saturated rings. The maximum absolute atomic E-state index is 13.1. The van der Waals surface area contributed by atoms with E-state index in [9.17, 15) is 31.5 Å². The van der Waals surface area contributed by atoms with Crippen molar-refractivity contribution in [2.45, 2.75) is 6.18 Å². The van der Waals surface area contributed by atoms with Gasteiger partial charge in [-0.05, 0) is 30.3 Å². The number of benzene rings is 2. The van der Waals surface area contributed by atoms with Gasteiger partial charge in [-0.1, -0.05) is 0 Å². The lowest BCUT2D eigenvalue weighted by Gasteiger charge is -2.14. The molecule has 0 heterocycles. The minimum atomic E-state index is -4.97. The lowest BCUT2D eigenvalue weighted by Crippen LogP contribution is -2.20. The Bertz CT molecular complexity index is 830. The summed E-state index contributed by atoms with van der Waals surface area (Å²) in [6.45, 7) is 0. The molecule has 25 heavy (non-hydrogen) atoms. The smallest absolute Gasteiger partial charge is 0.417 e. The maximum atomic E-state index is 13.1.